The number of hydrogen-bond acceptors (Lipinski definition) is 4. The molecule has 0 radical (unpaired) electrons. The second-order valence-electron chi connectivity index (χ2n) is 8.71. The molecule has 8 heteroatoms. The van der Waals surface area contributed by atoms with E-state index in [1.165, 1.54) is 40.4 Å². The lowest BCUT2D eigenvalue weighted by molar-refractivity contribution is -0.117. The van der Waals surface area contributed by atoms with Gasteiger partial charge in [0, 0.05) is 36.5 Å². The molecule has 0 spiro atoms. The summed E-state index contributed by atoms with van der Waals surface area (Å²) in [5.74, 6) is -0.506. The minimum absolute atomic E-state index is 0.0102. The first kappa shape index (κ1) is 23.0. The summed E-state index contributed by atoms with van der Waals surface area (Å²) < 4.78 is 41.4. The van der Waals surface area contributed by atoms with Crippen molar-refractivity contribution < 1.29 is 22.4 Å². The predicted octanol–water partition coefficient (Wildman–Crippen LogP) is 4.78. The van der Waals surface area contributed by atoms with Gasteiger partial charge in [-0.05, 0) is 65.9 Å². The van der Waals surface area contributed by atoms with Gasteiger partial charge >= 0.3 is 0 Å². The molecule has 6 nitrogen and oxygen atoms in total. The largest absolute Gasteiger partial charge is 0.348 e. The maximum absolute atomic E-state index is 13.5. The van der Waals surface area contributed by atoms with E-state index in [1.807, 2.05) is 12.1 Å². The van der Waals surface area contributed by atoms with Gasteiger partial charge in [0.1, 0.15) is 11.6 Å². The van der Waals surface area contributed by atoms with Crippen molar-refractivity contribution in [3.63, 3.8) is 0 Å². The van der Waals surface area contributed by atoms with Crippen LogP contribution in [0.1, 0.15) is 46.7 Å². The number of nitrogens with one attached hydrogen (secondary N) is 1. The smallest absolute Gasteiger partial charge is 0.268 e. The first-order valence-electron chi connectivity index (χ1n) is 11.3. The van der Waals surface area contributed by atoms with Gasteiger partial charge in [0.2, 0.25) is 0 Å². The highest BCUT2D eigenvalue weighted by molar-refractivity contribution is 7.90. The van der Waals surface area contributed by atoms with E-state index < -0.39 is 10.0 Å². The average molecular weight is 491 g/mol. The number of carbonyl (C=O) groups is 2. The molecule has 4 aromatic rings. The van der Waals surface area contributed by atoms with Crippen LogP contribution >= 0.6 is 0 Å². The number of aromatic nitrogens is 1. The van der Waals surface area contributed by atoms with E-state index in [-0.39, 0.29) is 34.9 Å². The lowest BCUT2D eigenvalue weighted by Gasteiger charge is -2.09. The van der Waals surface area contributed by atoms with Gasteiger partial charge < -0.3 is 5.32 Å². The Morgan fingerprint density at radius 2 is 1.71 bits per heavy atom. The molecule has 1 aliphatic rings. The first-order chi connectivity index (χ1) is 16.8. The Balaban J connectivity index is 1.40. The molecule has 1 atom stereocenters. The highest BCUT2D eigenvalue weighted by atomic mass is 32.2. The lowest BCUT2D eigenvalue weighted by Crippen LogP contribution is -2.22. The molecular formula is C27H23FN2O4S. The van der Waals surface area contributed by atoms with Gasteiger partial charge in [-0.2, -0.15) is 0 Å². The predicted molar refractivity (Wildman–Crippen MR) is 130 cm³/mol. The van der Waals surface area contributed by atoms with Crippen LogP contribution in [0.2, 0.25) is 0 Å². The van der Waals surface area contributed by atoms with E-state index in [0.717, 1.165) is 16.5 Å². The van der Waals surface area contributed by atoms with Crippen LogP contribution in [0.4, 0.5) is 4.39 Å². The fourth-order valence-corrected chi connectivity index (χ4v) is 5.94. The summed E-state index contributed by atoms with van der Waals surface area (Å²) in [5, 5.41) is 3.57. The van der Waals surface area contributed by atoms with E-state index in [2.05, 4.69) is 5.32 Å². The third-order valence-electron chi connectivity index (χ3n) is 6.43. The van der Waals surface area contributed by atoms with Crippen LogP contribution in [0.3, 0.4) is 0 Å². The monoisotopic (exact) mass is 490 g/mol. The molecule has 1 saturated carbocycles. The lowest BCUT2D eigenvalue weighted by atomic mass is 9.97. The van der Waals surface area contributed by atoms with Crippen LogP contribution in [-0.4, -0.2) is 24.1 Å². The van der Waals surface area contributed by atoms with Crippen LogP contribution < -0.4 is 5.32 Å². The molecule has 178 valence electrons. The third-order valence-corrected chi connectivity index (χ3v) is 8.12. The minimum atomic E-state index is -3.93. The van der Waals surface area contributed by atoms with Gasteiger partial charge in [0.25, 0.3) is 15.9 Å². The number of carbonyl (C=O) groups excluding carboxylic acids is 2. The van der Waals surface area contributed by atoms with Crippen molar-refractivity contribution in [2.24, 2.45) is 0 Å². The highest BCUT2D eigenvalue weighted by Gasteiger charge is 2.29. The zero-order chi connectivity index (χ0) is 24.6. The van der Waals surface area contributed by atoms with Crippen LogP contribution in [0.15, 0.2) is 83.9 Å². The molecule has 0 aliphatic heterocycles. The number of para-hydroxylation sites is 1. The number of ketones is 1. The molecule has 0 saturated heterocycles. The van der Waals surface area contributed by atoms with E-state index in [1.54, 1.807) is 30.5 Å². The zero-order valence-corrected chi connectivity index (χ0v) is 19.6. The van der Waals surface area contributed by atoms with Crippen molar-refractivity contribution in [3.05, 3.63) is 102 Å². The van der Waals surface area contributed by atoms with Gasteiger partial charge in [-0.25, -0.2) is 16.8 Å². The molecule has 1 heterocycles. The normalized spacial score (nSPS) is 16.0. The molecule has 3 aromatic carbocycles. The molecule has 1 unspecified atom stereocenters. The fourth-order valence-electron chi connectivity index (χ4n) is 4.56. The molecule has 1 amide bonds. The molecule has 0 bridgehead atoms. The summed E-state index contributed by atoms with van der Waals surface area (Å²) in [5.41, 5.74) is 2.49. The number of nitrogens with zero attached hydrogens (tertiary/aromatic N) is 1. The summed E-state index contributed by atoms with van der Waals surface area (Å²) in [7, 11) is -3.93. The number of Topliss-reactive ketones (excluding diaryl/α,β-unsaturated/α-hetero) is 1. The molecule has 1 aromatic heterocycles. The van der Waals surface area contributed by atoms with Gasteiger partial charge in [0.15, 0.2) is 0 Å². The molecular weight excluding hydrogens is 467 g/mol. The van der Waals surface area contributed by atoms with Gasteiger partial charge in [-0.15, -0.1) is 0 Å². The Kier molecular flexibility index (Phi) is 5.98. The summed E-state index contributed by atoms with van der Waals surface area (Å²) >= 11 is 0. The highest BCUT2D eigenvalue weighted by Crippen LogP contribution is 2.38. The SMILES string of the molecule is O=C1CCC(c2cn(S(=O)(=O)c3ccc(C(=O)NCc4ccc(F)cc4)cc3)c3ccccc23)C1. The van der Waals surface area contributed by atoms with E-state index in [0.29, 0.717) is 30.3 Å². The Morgan fingerprint density at radius 3 is 2.40 bits per heavy atom. The average Bonchev–Trinajstić information content (AvgIpc) is 3.47. The van der Waals surface area contributed by atoms with E-state index in [4.69, 9.17) is 0 Å². The Labute approximate surface area is 202 Å². The van der Waals surface area contributed by atoms with Crippen molar-refractivity contribution in [1.29, 1.82) is 0 Å². The third kappa shape index (κ3) is 4.49. The van der Waals surface area contributed by atoms with Crippen molar-refractivity contribution in [2.75, 3.05) is 0 Å². The second-order valence-corrected chi connectivity index (χ2v) is 10.5. The number of fused-ring (bicyclic) bond motifs is 1. The van der Waals surface area contributed by atoms with Gasteiger partial charge in [0.05, 0.1) is 10.4 Å². The Morgan fingerprint density at radius 1 is 1.00 bits per heavy atom. The number of rotatable bonds is 6. The molecule has 5 rings (SSSR count). The summed E-state index contributed by atoms with van der Waals surface area (Å²) in [6, 6.07) is 18.9. The summed E-state index contributed by atoms with van der Waals surface area (Å²) in [6.45, 7) is 0.223. The summed E-state index contributed by atoms with van der Waals surface area (Å²) in [6.07, 6.45) is 3.29. The van der Waals surface area contributed by atoms with E-state index in [9.17, 15) is 22.4 Å². The summed E-state index contributed by atoms with van der Waals surface area (Å²) in [4.78, 5) is 24.4. The number of hydrogen-bond donors (Lipinski definition) is 1. The minimum Gasteiger partial charge on any atom is -0.348 e. The standard InChI is InChI=1S/C27H23FN2O4S/c28-21-10-5-18(6-11-21)16-29-27(32)19-8-13-23(14-9-19)35(33,34)30-17-25(20-7-12-22(31)15-20)24-3-1-2-4-26(24)30/h1-6,8-11,13-14,17,20H,7,12,15-16H2,(H,29,32). The van der Waals surface area contributed by atoms with Crippen molar-refractivity contribution in [3.8, 4) is 0 Å². The van der Waals surface area contributed by atoms with Gasteiger partial charge in [-0.1, -0.05) is 30.3 Å². The van der Waals surface area contributed by atoms with Crippen LogP contribution in [-0.2, 0) is 21.4 Å². The van der Waals surface area contributed by atoms with Crippen LogP contribution in [0, 0.1) is 5.82 Å². The maximum Gasteiger partial charge on any atom is 0.268 e. The quantitative estimate of drug-likeness (QED) is 0.421. The van der Waals surface area contributed by atoms with Crippen molar-refractivity contribution in [2.45, 2.75) is 36.6 Å². The van der Waals surface area contributed by atoms with Crippen molar-refractivity contribution in [1.82, 2.24) is 9.29 Å². The van der Waals surface area contributed by atoms with Crippen LogP contribution in [0.25, 0.3) is 10.9 Å². The number of amides is 1. The molecule has 1 N–H and O–H groups in total. The van der Waals surface area contributed by atoms with E-state index >= 15 is 0 Å². The van der Waals surface area contributed by atoms with Gasteiger partial charge in [-0.3, -0.25) is 9.59 Å². The maximum atomic E-state index is 13.5. The van der Waals surface area contributed by atoms with Crippen LogP contribution in [0.5, 0.6) is 0 Å². The number of halogens is 1. The number of benzene rings is 3. The van der Waals surface area contributed by atoms with Crippen molar-refractivity contribution >= 4 is 32.6 Å². The second kappa shape index (κ2) is 9.11. The molecule has 1 fully saturated rings. The zero-order valence-electron chi connectivity index (χ0n) is 18.8. The molecule has 1 aliphatic carbocycles. The molecule has 35 heavy (non-hydrogen) atoms. The Bertz CT molecular complexity index is 1520. The first-order valence-corrected chi connectivity index (χ1v) is 12.8. The fraction of sp³-hybridized carbons (Fsp3) is 0.185. The topological polar surface area (TPSA) is 85.2 Å². The Hall–Kier alpha value is -3.78.